The molecule has 0 atom stereocenters. The second kappa shape index (κ2) is 7.57. The summed E-state index contributed by atoms with van der Waals surface area (Å²) in [6.07, 6.45) is 3.08. The van der Waals surface area contributed by atoms with Crippen LogP contribution in [0.4, 0.5) is 4.79 Å². The molecule has 0 aromatic rings. The van der Waals surface area contributed by atoms with E-state index < -0.39 is 18.6 Å². The molecule has 2 amide bonds. The molecular formula is C9H14N2O4. The molecule has 15 heavy (non-hydrogen) atoms. The molecule has 0 spiro atoms. The monoisotopic (exact) mass is 214 g/mol. The lowest BCUT2D eigenvalue weighted by atomic mass is 10.5. The Labute approximate surface area is 87.8 Å². The number of amides is 2. The highest BCUT2D eigenvalue weighted by atomic mass is 16.7. The smallest absolute Gasteiger partial charge is 0.341 e. The number of carboxylic acid groups (broad SMARTS) is 1. The maximum absolute atomic E-state index is 11.3. The molecule has 0 aliphatic heterocycles. The molecule has 2 N–H and O–H groups in total. The van der Waals surface area contributed by atoms with E-state index in [9.17, 15) is 9.59 Å². The first-order valence-corrected chi connectivity index (χ1v) is 4.22. The van der Waals surface area contributed by atoms with Gasteiger partial charge in [0.05, 0.1) is 0 Å². The van der Waals surface area contributed by atoms with Crippen molar-refractivity contribution in [1.29, 1.82) is 0 Å². The Bertz CT molecular complexity index is 242. The van der Waals surface area contributed by atoms with E-state index >= 15 is 0 Å². The average Bonchev–Trinajstić information content (AvgIpc) is 2.16. The molecule has 84 valence electrons. The Kier molecular flexibility index (Phi) is 6.65. The number of rotatable bonds is 7. The fraction of sp³-hybridized carbons (Fsp3) is 0.333. The van der Waals surface area contributed by atoms with Gasteiger partial charge >= 0.3 is 12.0 Å². The lowest BCUT2D eigenvalue weighted by Crippen LogP contribution is -2.40. The molecule has 0 fully saturated rings. The summed E-state index contributed by atoms with van der Waals surface area (Å²) in [4.78, 5) is 27.2. The number of nitrogens with zero attached hydrogens (tertiary/aromatic N) is 1. The predicted octanol–water partition coefficient (Wildman–Crippen LogP) is 0.386. The minimum absolute atomic E-state index is 0.328. The number of carboxylic acids is 1. The van der Waals surface area contributed by atoms with E-state index in [1.165, 1.54) is 4.90 Å². The molecule has 6 heteroatoms. The van der Waals surface area contributed by atoms with Crippen LogP contribution in [0.3, 0.4) is 0 Å². The van der Waals surface area contributed by atoms with Gasteiger partial charge < -0.3 is 10.0 Å². The molecule has 0 radical (unpaired) electrons. The number of carbonyl (C=O) groups excluding carboxylic acids is 1. The van der Waals surface area contributed by atoms with Gasteiger partial charge in [-0.3, -0.25) is 4.84 Å². The van der Waals surface area contributed by atoms with Gasteiger partial charge in [0.15, 0.2) is 6.61 Å². The highest BCUT2D eigenvalue weighted by Gasteiger charge is 2.10. The van der Waals surface area contributed by atoms with Gasteiger partial charge in [0.25, 0.3) is 0 Å². The molecule has 0 saturated carbocycles. The van der Waals surface area contributed by atoms with E-state index in [1.807, 2.05) is 5.48 Å². The van der Waals surface area contributed by atoms with E-state index in [0.29, 0.717) is 13.1 Å². The summed E-state index contributed by atoms with van der Waals surface area (Å²) < 4.78 is 0. The van der Waals surface area contributed by atoms with Gasteiger partial charge in [-0.05, 0) is 0 Å². The van der Waals surface area contributed by atoms with E-state index in [-0.39, 0.29) is 0 Å². The van der Waals surface area contributed by atoms with Crippen molar-refractivity contribution in [3.05, 3.63) is 25.3 Å². The van der Waals surface area contributed by atoms with Crippen molar-refractivity contribution in [1.82, 2.24) is 10.4 Å². The summed E-state index contributed by atoms with van der Waals surface area (Å²) >= 11 is 0. The number of hydrogen-bond donors (Lipinski definition) is 2. The zero-order chi connectivity index (χ0) is 11.7. The third-order valence-electron chi connectivity index (χ3n) is 1.34. The lowest BCUT2D eigenvalue weighted by molar-refractivity contribution is -0.144. The third kappa shape index (κ3) is 6.28. The van der Waals surface area contributed by atoms with Crippen molar-refractivity contribution in [2.45, 2.75) is 0 Å². The van der Waals surface area contributed by atoms with E-state index in [2.05, 4.69) is 18.0 Å². The third-order valence-corrected chi connectivity index (χ3v) is 1.34. The van der Waals surface area contributed by atoms with Gasteiger partial charge in [0.1, 0.15) is 0 Å². The number of urea groups is 1. The molecule has 0 unspecified atom stereocenters. The maximum atomic E-state index is 11.3. The van der Waals surface area contributed by atoms with Gasteiger partial charge in [-0.25, -0.2) is 15.1 Å². The molecule has 0 heterocycles. The first kappa shape index (κ1) is 13.2. The molecule has 0 rings (SSSR count). The van der Waals surface area contributed by atoms with E-state index in [1.54, 1.807) is 12.2 Å². The van der Waals surface area contributed by atoms with Crippen LogP contribution in [0.5, 0.6) is 0 Å². The van der Waals surface area contributed by atoms with Gasteiger partial charge in [0.2, 0.25) is 0 Å². The van der Waals surface area contributed by atoms with Crippen molar-refractivity contribution in [3.8, 4) is 0 Å². The van der Waals surface area contributed by atoms with Crippen LogP contribution in [0, 0.1) is 0 Å². The van der Waals surface area contributed by atoms with Crippen molar-refractivity contribution in [2.75, 3.05) is 19.7 Å². The summed E-state index contributed by atoms with van der Waals surface area (Å²) in [5.74, 6) is -1.16. The van der Waals surface area contributed by atoms with Crippen LogP contribution in [0.15, 0.2) is 25.3 Å². The molecule has 0 aliphatic carbocycles. The second-order valence-corrected chi connectivity index (χ2v) is 2.57. The normalized spacial score (nSPS) is 9.07. The van der Waals surface area contributed by atoms with E-state index in [0.717, 1.165) is 0 Å². The molecule has 0 saturated heterocycles. The van der Waals surface area contributed by atoms with E-state index in [4.69, 9.17) is 5.11 Å². The van der Waals surface area contributed by atoms with Crippen LogP contribution in [-0.4, -0.2) is 41.7 Å². The molecule has 0 aliphatic rings. The first-order valence-electron chi connectivity index (χ1n) is 4.22. The minimum atomic E-state index is -1.16. The summed E-state index contributed by atoms with van der Waals surface area (Å²) in [6, 6.07) is -0.531. The number of hydrogen-bond acceptors (Lipinski definition) is 3. The highest BCUT2D eigenvalue weighted by molar-refractivity contribution is 5.74. The fourth-order valence-corrected chi connectivity index (χ4v) is 0.776. The Hall–Kier alpha value is -1.82. The Morgan fingerprint density at radius 2 is 1.87 bits per heavy atom. The van der Waals surface area contributed by atoms with Gasteiger partial charge in [-0.15, -0.1) is 13.2 Å². The molecular weight excluding hydrogens is 200 g/mol. The van der Waals surface area contributed by atoms with Crippen LogP contribution in [-0.2, 0) is 9.63 Å². The van der Waals surface area contributed by atoms with Crippen LogP contribution in [0.2, 0.25) is 0 Å². The molecule has 6 nitrogen and oxygen atoms in total. The molecule has 0 aromatic heterocycles. The topological polar surface area (TPSA) is 78.9 Å². The summed E-state index contributed by atoms with van der Waals surface area (Å²) in [5, 5.41) is 8.25. The lowest BCUT2D eigenvalue weighted by Gasteiger charge is -2.18. The standard InChI is InChI=1S/C9H14N2O4/c1-3-5-11(6-4-2)9(14)10-15-7-8(12)13/h3-4H,1-2,5-7H2,(H,10,14)(H,12,13). The maximum Gasteiger partial charge on any atom is 0.341 e. The highest BCUT2D eigenvalue weighted by Crippen LogP contribution is 1.90. The summed E-state index contributed by atoms with van der Waals surface area (Å²) in [6.45, 7) is 7.04. The van der Waals surface area contributed by atoms with Gasteiger partial charge in [0, 0.05) is 13.1 Å². The van der Waals surface area contributed by atoms with Crippen molar-refractivity contribution in [2.24, 2.45) is 0 Å². The molecule has 0 aromatic carbocycles. The van der Waals surface area contributed by atoms with Crippen LogP contribution >= 0.6 is 0 Å². The number of hydroxylamine groups is 1. The van der Waals surface area contributed by atoms with Gasteiger partial charge in [-0.1, -0.05) is 12.2 Å². The second-order valence-electron chi connectivity index (χ2n) is 2.57. The Morgan fingerprint density at radius 3 is 2.27 bits per heavy atom. The SMILES string of the molecule is C=CCN(CC=C)C(=O)NOCC(=O)O. The molecule has 0 bridgehead atoms. The average molecular weight is 214 g/mol. The summed E-state index contributed by atoms with van der Waals surface area (Å²) in [7, 11) is 0. The zero-order valence-corrected chi connectivity index (χ0v) is 8.31. The quantitative estimate of drug-likeness (QED) is 0.474. The Morgan fingerprint density at radius 1 is 1.33 bits per heavy atom. The van der Waals surface area contributed by atoms with Crippen molar-refractivity contribution in [3.63, 3.8) is 0 Å². The number of carbonyl (C=O) groups is 2. The first-order chi connectivity index (χ1) is 7.11. The number of nitrogens with one attached hydrogen (secondary N) is 1. The predicted molar refractivity (Wildman–Crippen MR) is 54.1 cm³/mol. The van der Waals surface area contributed by atoms with Crippen LogP contribution in [0.25, 0.3) is 0 Å². The zero-order valence-electron chi connectivity index (χ0n) is 8.31. The van der Waals surface area contributed by atoms with Crippen LogP contribution in [0.1, 0.15) is 0 Å². The van der Waals surface area contributed by atoms with Crippen molar-refractivity contribution >= 4 is 12.0 Å². The largest absolute Gasteiger partial charge is 0.479 e. The number of aliphatic carboxylic acids is 1. The van der Waals surface area contributed by atoms with Gasteiger partial charge in [-0.2, -0.15) is 0 Å². The minimum Gasteiger partial charge on any atom is -0.479 e. The summed E-state index contributed by atoms with van der Waals surface area (Å²) in [5.41, 5.74) is 1.99. The Balaban J connectivity index is 3.95. The fourth-order valence-electron chi connectivity index (χ4n) is 0.776. The van der Waals surface area contributed by atoms with Crippen LogP contribution < -0.4 is 5.48 Å². The van der Waals surface area contributed by atoms with Crippen molar-refractivity contribution < 1.29 is 19.5 Å².